The molecule has 3 atom stereocenters. The molecule has 4 N–H and O–H groups in total. The molecular formula is C102H93Cl4F17N20O7. The van der Waals surface area contributed by atoms with Gasteiger partial charge in [0.05, 0.1) is 148 Å². The summed E-state index contributed by atoms with van der Waals surface area (Å²) in [7, 11) is 11.0. The maximum absolute atomic E-state index is 13.8. The lowest BCUT2D eigenvalue weighted by molar-refractivity contribution is -0.142. The summed E-state index contributed by atoms with van der Waals surface area (Å²) in [6.45, 7) is 9.55. The maximum atomic E-state index is 13.8. The van der Waals surface area contributed by atoms with Crippen LogP contribution in [0.2, 0.25) is 20.2 Å². The predicted molar refractivity (Wildman–Crippen MR) is 524 cm³/mol. The summed E-state index contributed by atoms with van der Waals surface area (Å²) < 4.78 is 245. The first-order valence-corrected chi connectivity index (χ1v) is 47.8. The Hall–Kier alpha value is -13.5. The number of imidazole rings is 5. The van der Waals surface area contributed by atoms with Gasteiger partial charge in [-0.05, 0) is 142 Å². The lowest BCUT2D eigenvalue weighted by Gasteiger charge is -2.36. The molecule has 15 heterocycles. The number of alkyl halides is 17. The van der Waals surface area contributed by atoms with Crippen LogP contribution in [0, 0.1) is 19.8 Å². The number of pyridine rings is 7. The van der Waals surface area contributed by atoms with E-state index in [0.29, 0.717) is 86.6 Å². The minimum atomic E-state index is -4.69. The Bertz CT molecular complexity index is 7710. The predicted octanol–water partition coefficient (Wildman–Crippen LogP) is 20.9. The number of piperidine rings is 1. The van der Waals surface area contributed by atoms with Crippen LogP contribution in [-0.2, 0) is 95.4 Å². The third kappa shape index (κ3) is 20.9. The van der Waals surface area contributed by atoms with Crippen molar-refractivity contribution in [1.82, 2.24) is 87.5 Å². The number of fused-ring (bicyclic) bond motifs is 4. The smallest absolute Gasteiger partial charge is 0.433 e. The molecule has 3 aliphatic rings. The van der Waals surface area contributed by atoms with Crippen molar-refractivity contribution < 1.29 is 109 Å². The third-order valence-corrected chi connectivity index (χ3v) is 28.8. The molecule has 3 aliphatic heterocycles. The van der Waals surface area contributed by atoms with E-state index in [1.165, 1.54) is 108 Å². The Morgan fingerprint density at radius 2 is 0.753 bits per heavy atom. The average Bonchev–Trinajstić information content (AvgIpc) is 1.30. The first kappa shape index (κ1) is 109. The normalized spacial score (nSPS) is 15.3. The van der Waals surface area contributed by atoms with Gasteiger partial charge >= 0.3 is 30.9 Å². The van der Waals surface area contributed by atoms with Gasteiger partial charge in [0.2, 0.25) is 17.7 Å². The molecule has 48 heteroatoms. The van der Waals surface area contributed by atoms with Crippen LogP contribution in [0.3, 0.4) is 0 Å². The van der Waals surface area contributed by atoms with Gasteiger partial charge in [-0.2, -0.15) is 65.9 Å². The average molecular weight is 2180 g/mol. The zero-order valence-corrected chi connectivity index (χ0v) is 84.4. The number of anilines is 2. The minimum absolute atomic E-state index is 0.00903. The molecule has 4 aromatic carbocycles. The van der Waals surface area contributed by atoms with E-state index in [4.69, 9.17) is 55.9 Å². The van der Waals surface area contributed by atoms with Gasteiger partial charge in [0.1, 0.15) is 45.3 Å². The molecule has 0 aliphatic carbocycles. The summed E-state index contributed by atoms with van der Waals surface area (Å²) in [5.74, 6) is -3.01. The van der Waals surface area contributed by atoms with Crippen LogP contribution in [0.1, 0.15) is 163 Å². The Kier molecular flexibility index (Phi) is 30.1. The quantitative estimate of drug-likeness (QED) is 0.0384. The van der Waals surface area contributed by atoms with Crippen LogP contribution in [-0.4, -0.2) is 186 Å². The number of amides is 1. The summed E-state index contributed by atoms with van der Waals surface area (Å²) in [6, 6.07) is 24.9. The lowest BCUT2D eigenvalue weighted by atomic mass is 9.83. The van der Waals surface area contributed by atoms with Gasteiger partial charge in [0, 0.05) is 154 Å². The Morgan fingerprint density at radius 1 is 0.400 bits per heavy atom. The molecular weight excluding hydrogens is 2080 g/mol. The van der Waals surface area contributed by atoms with E-state index in [1.807, 2.05) is 13.0 Å². The van der Waals surface area contributed by atoms with E-state index in [2.05, 4.69) is 64.7 Å². The fourth-order valence-corrected chi connectivity index (χ4v) is 20.0. The molecule has 790 valence electrons. The number of methoxy groups -OCH3 is 2. The molecule has 3 unspecified atom stereocenters. The first-order chi connectivity index (χ1) is 70.5. The number of ether oxygens (including phenoxy) is 2. The van der Waals surface area contributed by atoms with E-state index in [1.54, 1.807) is 110 Å². The van der Waals surface area contributed by atoms with E-state index >= 15 is 0 Å². The first-order valence-electron chi connectivity index (χ1n) is 46.3. The van der Waals surface area contributed by atoms with Gasteiger partial charge in [0.25, 0.3) is 5.91 Å². The fourth-order valence-electron chi connectivity index (χ4n) is 18.8. The Morgan fingerprint density at radius 3 is 1.08 bits per heavy atom. The van der Waals surface area contributed by atoms with Crippen molar-refractivity contribution >= 4 is 107 Å². The van der Waals surface area contributed by atoms with Crippen molar-refractivity contribution in [2.45, 2.75) is 132 Å². The molecule has 3 fully saturated rings. The summed E-state index contributed by atoms with van der Waals surface area (Å²) in [5, 5.41) is 50.3. The topological polar surface area (TPSA) is 306 Å². The number of nitrogens with zero attached hydrogens (tertiary/aromatic N) is 20. The SMILES string of the molecule is CCc1c(Cl)nc2ccc(C(O)(c3ccc(C(F)(F)F)nc3)c3cncn3C)cc2c1N1CCC1.COc1nc2ccc(C(O)(c3ccc(C(F)(F)F)nc3)c3cncn3C)cc2c(Cl)c1C(=O)N1CCC(C(C)(F)F)CC1.COc1nc2ccc(C(O)(c3cnc(C)n3C)c3cnc(C)n3C)cc2c(Cl)c1CC(F)(F)F.Cn1cncc1C(O)(c1ccc(C(F)(F)F)nc1)c1ccc2nc(N3CCC3)c(CC(F)(F)F)c(Cl)c2c1. The molecule has 1 amide bonds. The number of rotatable bonds is 21. The van der Waals surface area contributed by atoms with Gasteiger partial charge in [-0.25, -0.2) is 53.6 Å². The van der Waals surface area contributed by atoms with E-state index in [9.17, 15) is 99.9 Å². The number of hydrogen-bond donors (Lipinski definition) is 4. The highest BCUT2D eigenvalue weighted by molar-refractivity contribution is 6.39. The Balaban J connectivity index is 0.000000143. The number of aromatic nitrogens is 17. The standard InChI is InChI=1S/C29H27ClF5N5O3.C25H20ClF6N5O.C25H23ClF3N5O.C23H23ClF3N5O2/c1-27(31,32)16-8-10-40(11-9-16)26(41)23-24(30)19-12-17(4-6-20(19)38-25(23)43-3)28(42,22-14-36-15-39(22)2)18-5-7-21(37-13-18)29(33,34)35;1-36-13-33-12-20(36)24(38,15-4-6-19(34-11-15)25(30,31)32)14-3-5-18-16(9-14)21(26)17(10-23(27,28)29)22(35-18)37-7-2-8-37;1-3-17-22(34-9-4-10-34)18-11-15(5-7-19(18)32-23(17)26)24(35,21-13-30-14-33(21)2)16-6-8-20(31-12-16)25(27,28)29;1-12-28-10-18(31(12)3)23(33,19-11-29-13(2)32(19)4)14-6-7-17-15(8-14)20(24)16(9-22(25,26)27)21(30-17)34-5/h4-7,12-16,42H,8-11H2,1-3H3;3-6,9,11-13,38H,2,7-8,10H2,1H3;5-8,11-14,35H,3-4,9-10H2,1-2H3;6-8,10-11,33H,9H2,1-5H3. The van der Waals surface area contributed by atoms with E-state index in [0.717, 1.165) is 98.4 Å². The molecule has 0 spiro atoms. The van der Waals surface area contributed by atoms with Gasteiger partial charge in [-0.3, -0.25) is 19.7 Å². The summed E-state index contributed by atoms with van der Waals surface area (Å²) in [6.07, 6.45) is -8.22. The summed E-state index contributed by atoms with van der Waals surface area (Å²) >= 11 is 26.4. The molecule has 27 nitrogen and oxygen atoms in total. The second-order valence-electron chi connectivity index (χ2n) is 36.6. The number of halogens is 21. The number of carbonyl (C=O) groups is 1. The highest BCUT2D eigenvalue weighted by atomic mass is 35.5. The molecule has 0 saturated carbocycles. The fraction of sp³-hybridized carbons (Fsp3) is 0.343. The zero-order valence-electron chi connectivity index (χ0n) is 81.4. The van der Waals surface area contributed by atoms with Gasteiger partial charge in [-0.15, -0.1) is 0 Å². The van der Waals surface area contributed by atoms with Crippen molar-refractivity contribution in [3.63, 3.8) is 0 Å². The van der Waals surface area contributed by atoms with E-state index < -0.39 is 101 Å². The highest BCUT2D eigenvalue weighted by Crippen LogP contribution is 2.51. The zero-order chi connectivity index (χ0) is 109. The van der Waals surface area contributed by atoms with Gasteiger partial charge in [0.15, 0.2) is 22.4 Å². The number of aryl methyl sites for hydroxylation is 5. The molecule has 19 rings (SSSR count). The van der Waals surface area contributed by atoms with Crippen molar-refractivity contribution in [2.24, 2.45) is 41.2 Å². The largest absolute Gasteiger partial charge is 0.481 e. The minimum Gasteiger partial charge on any atom is -0.481 e. The van der Waals surface area contributed by atoms with Crippen molar-refractivity contribution in [2.75, 3.05) is 63.3 Å². The monoisotopic (exact) mass is 2170 g/mol. The van der Waals surface area contributed by atoms with Crippen LogP contribution in [0.15, 0.2) is 178 Å². The molecule has 0 bridgehead atoms. The second kappa shape index (κ2) is 41.3. The summed E-state index contributed by atoms with van der Waals surface area (Å²) in [5.41, 5.74) is -4.86. The molecule has 150 heavy (non-hydrogen) atoms. The van der Waals surface area contributed by atoms with Crippen molar-refractivity contribution in [3.05, 3.63) is 316 Å². The molecule has 3 saturated heterocycles. The number of hydrogen-bond acceptors (Lipinski definition) is 21. The number of aliphatic hydroxyl groups is 4. The van der Waals surface area contributed by atoms with Crippen molar-refractivity contribution in [3.8, 4) is 11.8 Å². The van der Waals surface area contributed by atoms with Gasteiger partial charge < -0.3 is 67.4 Å². The Labute approximate surface area is 864 Å². The number of benzene rings is 4. The molecule has 16 aromatic rings. The number of carbonyl (C=O) groups excluding carboxylic acids is 1. The molecule has 0 radical (unpaired) electrons. The third-order valence-electron chi connectivity index (χ3n) is 27.2. The molecule has 12 aromatic heterocycles. The van der Waals surface area contributed by atoms with Crippen LogP contribution in [0.4, 0.5) is 86.1 Å². The van der Waals surface area contributed by atoms with Crippen LogP contribution < -0.4 is 19.3 Å². The maximum Gasteiger partial charge on any atom is 0.433 e. The van der Waals surface area contributed by atoms with Crippen LogP contribution in [0.5, 0.6) is 11.8 Å². The van der Waals surface area contributed by atoms with Crippen molar-refractivity contribution in [1.29, 1.82) is 0 Å². The van der Waals surface area contributed by atoms with E-state index in [-0.39, 0.29) is 131 Å². The van der Waals surface area contributed by atoms with Crippen LogP contribution >= 0.6 is 46.4 Å². The van der Waals surface area contributed by atoms with Crippen LogP contribution in [0.25, 0.3) is 43.6 Å². The van der Waals surface area contributed by atoms with Gasteiger partial charge in [-0.1, -0.05) is 95.8 Å². The number of likely N-dealkylation sites (tertiary alicyclic amines) is 1. The lowest BCUT2D eigenvalue weighted by Crippen LogP contribution is -2.42. The second-order valence-corrected chi connectivity index (χ2v) is 38.0. The highest BCUT2D eigenvalue weighted by Gasteiger charge is 2.48. The summed E-state index contributed by atoms with van der Waals surface area (Å²) in [4.78, 5) is 68.1.